The Hall–Kier alpha value is -0.0800. The van der Waals surface area contributed by atoms with Crippen molar-refractivity contribution in [3.8, 4) is 0 Å². The second-order valence-corrected chi connectivity index (χ2v) is 6.71. The molecule has 2 aliphatic carbocycles. The Morgan fingerprint density at radius 1 is 1.29 bits per heavy atom. The maximum Gasteiger partial charge on any atom is 0.0360 e. The van der Waals surface area contributed by atoms with Crippen LogP contribution in [0.1, 0.15) is 59.3 Å². The highest BCUT2D eigenvalue weighted by molar-refractivity contribution is 5.04. The maximum atomic E-state index is 6.19. The first-order chi connectivity index (χ1) is 8.10. The minimum atomic E-state index is 0.343. The summed E-state index contributed by atoms with van der Waals surface area (Å²) in [6.07, 6.45) is 8.23. The zero-order valence-electron chi connectivity index (χ0n) is 11.9. The first-order valence-electron chi connectivity index (χ1n) is 7.57. The van der Waals surface area contributed by atoms with E-state index in [1.807, 2.05) is 0 Å². The van der Waals surface area contributed by atoms with Crippen LogP contribution in [0.5, 0.6) is 0 Å². The van der Waals surface area contributed by atoms with E-state index in [9.17, 15) is 0 Å². The van der Waals surface area contributed by atoms with E-state index in [0.717, 1.165) is 24.4 Å². The molecule has 0 amide bonds. The van der Waals surface area contributed by atoms with Crippen molar-refractivity contribution in [1.29, 1.82) is 0 Å². The highest BCUT2D eigenvalue weighted by atomic mass is 15.3. The van der Waals surface area contributed by atoms with Gasteiger partial charge in [-0.3, -0.25) is 4.90 Å². The lowest BCUT2D eigenvalue weighted by atomic mass is 9.85. The molecule has 100 valence electrons. The molecule has 2 aliphatic rings. The van der Waals surface area contributed by atoms with Crippen LogP contribution in [0.4, 0.5) is 0 Å². The Bertz CT molecular complexity index is 247. The molecule has 0 bridgehead atoms. The topological polar surface area (TPSA) is 29.3 Å². The third-order valence-electron chi connectivity index (χ3n) is 5.02. The summed E-state index contributed by atoms with van der Waals surface area (Å²) in [6, 6.07) is 0.859. The van der Waals surface area contributed by atoms with Crippen molar-refractivity contribution in [2.24, 2.45) is 17.6 Å². The molecular weight excluding hydrogens is 208 g/mol. The lowest BCUT2D eigenvalue weighted by molar-refractivity contribution is 0.0510. The highest BCUT2D eigenvalue weighted by Crippen LogP contribution is 2.44. The van der Waals surface area contributed by atoms with E-state index in [2.05, 4.69) is 25.7 Å². The van der Waals surface area contributed by atoms with Gasteiger partial charge in [-0.2, -0.15) is 0 Å². The molecule has 0 aromatic carbocycles. The Morgan fingerprint density at radius 3 is 2.41 bits per heavy atom. The van der Waals surface area contributed by atoms with Gasteiger partial charge in [0, 0.05) is 18.1 Å². The standard InChI is InChI=1S/C15H30N2/c1-12(2)8-10-17(14-6-7-14)15(11-16)9-4-5-13(15)3/h12-14H,4-11,16H2,1-3H3. The van der Waals surface area contributed by atoms with Crippen LogP contribution in [0.3, 0.4) is 0 Å². The molecule has 0 spiro atoms. The van der Waals surface area contributed by atoms with E-state index < -0.39 is 0 Å². The van der Waals surface area contributed by atoms with Gasteiger partial charge in [0.05, 0.1) is 0 Å². The van der Waals surface area contributed by atoms with Crippen LogP contribution < -0.4 is 5.73 Å². The second kappa shape index (κ2) is 5.27. The number of rotatable bonds is 6. The molecule has 0 saturated heterocycles. The summed E-state index contributed by atoms with van der Waals surface area (Å²) in [6.45, 7) is 9.22. The molecule has 2 fully saturated rings. The maximum absolute atomic E-state index is 6.19. The highest BCUT2D eigenvalue weighted by Gasteiger charge is 2.48. The van der Waals surface area contributed by atoms with Gasteiger partial charge in [-0.25, -0.2) is 0 Å². The molecule has 2 unspecified atom stereocenters. The molecule has 2 nitrogen and oxygen atoms in total. The summed E-state index contributed by atoms with van der Waals surface area (Å²) in [5.74, 6) is 1.60. The van der Waals surface area contributed by atoms with Crippen LogP contribution in [-0.2, 0) is 0 Å². The van der Waals surface area contributed by atoms with Crippen molar-refractivity contribution >= 4 is 0 Å². The zero-order chi connectivity index (χ0) is 12.5. The SMILES string of the molecule is CC(C)CCN(C1CC1)C1(CN)CCCC1C. The van der Waals surface area contributed by atoms with Crippen molar-refractivity contribution < 1.29 is 0 Å². The molecule has 0 aromatic rings. The molecule has 0 radical (unpaired) electrons. The van der Waals surface area contributed by atoms with E-state index in [1.165, 1.54) is 45.1 Å². The minimum absolute atomic E-state index is 0.343. The molecule has 2 rings (SSSR count). The third-order valence-corrected chi connectivity index (χ3v) is 5.02. The lowest BCUT2D eigenvalue weighted by Gasteiger charge is -2.45. The number of nitrogens with zero attached hydrogens (tertiary/aromatic N) is 1. The fraction of sp³-hybridized carbons (Fsp3) is 1.00. The Kier molecular flexibility index (Phi) is 4.14. The van der Waals surface area contributed by atoms with Crippen molar-refractivity contribution in [2.45, 2.75) is 70.9 Å². The van der Waals surface area contributed by atoms with Crippen LogP contribution in [0.2, 0.25) is 0 Å². The molecule has 2 atom stereocenters. The summed E-state index contributed by atoms with van der Waals surface area (Å²) in [7, 11) is 0. The first kappa shape index (κ1) is 13.4. The Morgan fingerprint density at radius 2 is 2.00 bits per heavy atom. The van der Waals surface area contributed by atoms with Gasteiger partial charge in [0.25, 0.3) is 0 Å². The van der Waals surface area contributed by atoms with Crippen molar-refractivity contribution in [1.82, 2.24) is 4.90 Å². The summed E-state index contributed by atoms with van der Waals surface area (Å²) >= 11 is 0. The monoisotopic (exact) mass is 238 g/mol. The minimum Gasteiger partial charge on any atom is -0.329 e. The van der Waals surface area contributed by atoms with Crippen LogP contribution >= 0.6 is 0 Å². The quantitative estimate of drug-likeness (QED) is 0.771. The normalized spacial score (nSPS) is 33.9. The van der Waals surface area contributed by atoms with Crippen molar-refractivity contribution in [3.63, 3.8) is 0 Å². The average molecular weight is 238 g/mol. The van der Waals surface area contributed by atoms with Crippen LogP contribution in [0.15, 0.2) is 0 Å². The third kappa shape index (κ3) is 2.68. The summed E-state index contributed by atoms with van der Waals surface area (Å²) in [5, 5.41) is 0. The van der Waals surface area contributed by atoms with Gasteiger partial charge >= 0.3 is 0 Å². The van der Waals surface area contributed by atoms with Gasteiger partial charge in [-0.1, -0.05) is 27.2 Å². The van der Waals surface area contributed by atoms with Crippen LogP contribution in [0, 0.1) is 11.8 Å². The van der Waals surface area contributed by atoms with Gasteiger partial charge in [-0.15, -0.1) is 0 Å². The average Bonchev–Trinajstić information content (AvgIpc) is 3.04. The molecule has 2 heteroatoms. The molecule has 0 aliphatic heterocycles. The van der Waals surface area contributed by atoms with Gasteiger partial charge in [-0.05, 0) is 50.5 Å². The van der Waals surface area contributed by atoms with Gasteiger partial charge in [0.15, 0.2) is 0 Å². The molecule has 2 N–H and O–H groups in total. The Balaban J connectivity index is 2.07. The summed E-state index contributed by atoms with van der Waals surface area (Å²) in [5.41, 5.74) is 6.53. The second-order valence-electron chi connectivity index (χ2n) is 6.71. The molecule has 17 heavy (non-hydrogen) atoms. The van der Waals surface area contributed by atoms with Gasteiger partial charge < -0.3 is 5.73 Å². The van der Waals surface area contributed by atoms with E-state index in [-0.39, 0.29) is 0 Å². The van der Waals surface area contributed by atoms with E-state index >= 15 is 0 Å². The Labute approximate surface area is 107 Å². The van der Waals surface area contributed by atoms with Gasteiger partial charge in [0.1, 0.15) is 0 Å². The van der Waals surface area contributed by atoms with E-state index in [4.69, 9.17) is 5.73 Å². The van der Waals surface area contributed by atoms with Crippen LogP contribution in [0.25, 0.3) is 0 Å². The predicted octanol–water partition coefficient (Wildman–Crippen LogP) is 3.01. The lowest BCUT2D eigenvalue weighted by Crippen LogP contribution is -2.57. The summed E-state index contributed by atoms with van der Waals surface area (Å²) < 4.78 is 0. The fourth-order valence-electron chi connectivity index (χ4n) is 3.63. The fourth-order valence-corrected chi connectivity index (χ4v) is 3.63. The van der Waals surface area contributed by atoms with E-state index in [1.54, 1.807) is 0 Å². The number of nitrogens with two attached hydrogens (primary N) is 1. The molecule has 0 heterocycles. The van der Waals surface area contributed by atoms with Crippen molar-refractivity contribution in [3.05, 3.63) is 0 Å². The molecule has 0 aromatic heterocycles. The summed E-state index contributed by atoms with van der Waals surface area (Å²) in [4.78, 5) is 2.81. The predicted molar refractivity (Wildman–Crippen MR) is 74.0 cm³/mol. The largest absolute Gasteiger partial charge is 0.329 e. The van der Waals surface area contributed by atoms with E-state index in [0.29, 0.717) is 5.54 Å². The smallest absolute Gasteiger partial charge is 0.0360 e. The number of hydrogen-bond donors (Lipinski definition) is 1. The number of hydrogen-bond acceptors (Lipinski definition) is 2. The van der Waals surface area contributed by atoms with Gasteiger partial charge in [0.2, 0.25) is 0 Å². The van der Waals surface area contributed by atoms with Crippen molar-refractivity contribution in [2.75, 3.05) is 13.1 Å². The molecular formula is C15H30N2. The molecule has 2 saturated carbocycles. The first-order valence-corrected chi connectivity index (χ1v) is 7.57. The van der Waals surface area contributed by atoms with Crippen LogP contribution in [-0.4, -0.2) is 29.6 Å². The zero-order valence-corrected chi connectivity index (χ0v) is 11.9.